The Balaban J connectivity index is 1.37. The van der Waals surface area contributed by atoms with E-state index >= 15 is 0 Å². The highest BCUT2D eigenvalue weighted by Gasteiger charge is 2.41. The Hall–Kier alpha value is -3.81. The van der Waals surface area contributed by atoms with Crippen molar-refractivity contribution in [2.45, 2.75) is 19.0 Å². The van der Waals surface area contributed by atoms with Gasteiger partial charge in [-0.05, 0) is 61.1 Å². The predicted molar refractivity (Wildman–Crippen MR) is 131 cm³/mol. The number of hydrogen-bond acceptors (Lipinski definition) is 6. The van der Waals surface area contributed by atoms with Crippen LogP contribution in [0, 0.1) is 0 Å². The van der Waals surface area contributed by atoms with Crippen LogP contribution in [-0.4, -0.2) is 48.2 Å². The summed E-state index contributed by atoms with van der Waals surface area (Å²) in [6, 6.07) is 21.4. The van der Waals surface area contributed by atoms with E-state index in [0.29, 0.717) is 22.8 Å². The maximum atomic E-state index is 13.0. The van der Waals surface area contributed by atoms with Gasteiger partial charge in [0.05, 0.1) is 23.7 Å². The molecule has 3 aromatic carbocycles. The van der Waals surface area contributed by atoms with E-state index in [9.17, 15) is 19.2 Å². The molecule has 0 saturated carbocycles. The Morgan fingerprint density at radius 2 is 1.57 bits per heavy atom. The zero-order valence-electron chi connectivity index (χ0n) is 19.0. The van der Waals surface area contributed by atoms with Crippen LogP contribution in [0.2, 0.25) is 5.02 Å². The quantitative estimate of drug-likeness (QED) is 0.268. The van der Waals surface area contributed by atoms with E-state index in [0.717, 1.165) is 10.5 Å². The van der Waals surface area contributed by atoms with E-state index in [1.165, 1.54) is 24.3 Å². The summed E-state index contributed by atoms with van der Waals surface area (Å²) in [6.45, 7) is 0.124. The summed E-state index contributed by atoms with van der Waals surface area (Å²) in [5.74, 6) is -1.65. The van der Waals surface area contributed by atoms with Gasteiger partial charge in [0, 0.05) is 17.1 Å². The third kappa shape index (κ3) is 5.65. The number of carbonyl (C=O) groups is 4. The molecular formula is C27H23ClN2O5. The first kappa shape index (κ1) is 24.3. The number of halogens is 1. The zero-order valence-corrected chi connectivity index (χ0v) is 19.8. The van der Waals surface area contributed by atoms with Gasteiger partial charge in [-0.2, -0.15) is 0 Å². The van der Waals surface area contributed by atoms with Crippen molar-refractivity contribution < 1.29 is 23.9 Å². The van der Waals surface area contributed by atoms with Gasteiger partial charge in [0.25, 0.3) is 5.91 Å². The highest BCUT2D eigenvalue weighted by Crippen LogP contribution is 2.26. The monoisotopic (exact) mass is 490 g/mol. The fourth-order valence-electron chi connectivity index (χ4n) is 3.89. The lowest BCUT2D eigenvalue weighted by Gasteiger charge is -2.23. The highest BCUT2D eigenvalue weighted by atomic mass is 35.5. The molecule has 1 fully saturated rings. The number of ether oxygens (including phenoxy) is 1. The maximum Gasteiger partial charge on any atom is 0.338 e. The first-order chi connectivity index (χ1) is 16.8. The van der Waals surface area contributed by atoms with E-state index in [-0.39, 0.29) is 29.6 Å². The number of likely N-dealkylation sites (N-methyl/N-ethyl adjacent to an activating group) is 1. The SMILES string of the molecule is CN(Cc1ccccc1)C1CC(=O)N(c2ccc(C(=O)OCC(=O)c3ccc(Cl)cc3)cc2)C1=O. The number of hydrogen-bond donors (Lipinski definition) is 0. The lowest BCUT2D eigenvalue weighted by Crippen LogP contribution is -2.39. The molecule has 178 valence electrons. The van der Waals surface area contributed by atoms with Crippen LogP contribution in [0.4, 0.5) is 5.69 Å². The average Bonchev–Trinajstić information content (AvgIpc) is 3.17. The molecule has 35 heavy (non-hydrogen) atoms. The van der Waals surface area contributed by atoms with Crippen molar-refractivity contribution in [2.75, 3.05) is 18.6 Å². The van der Waals surface area contributed by atoms with Crippen LogP contribution in [0.25, 0.3) is 0 Å². The molecular weight excluding hydrogens is 468 g/mol. The number of nitrogens with zero attached hydrogens (tertiary/aromatic N) is 2. The second-order valence-corrected chi connectivity index (χ2v) is 8.68. The van der Waals surface area contributed by atoms with Crippen molar-refractivity contribution in [2.24, 2.45) is 0 Å². The van der Waals surface area contributed by atoms with Crippen LogP contribution in [0.1, 0.15) is 32.7 Å². The molecule has 0 bridgehead atoms. The predicted octanol–water partition coefficient (Wildman–Crippen LogP) is 4.14. The average molecular weight is 491 g/mol. The number of rotatable bonds is 8. The summed E-state index contributed by atoms with van der Waals surface area (Å²) < 4.78 is 5.11. The Labute approximate surface area is 207 Å². The van der Waals surface area contributed by atoms with Crippen molar-refractivity contribution in [3.05, 3.63) is 101 Å². The Kier molecular flexibility index (Phi) is 7.39. The van der Waals surface area contributed by atoms with Crippen molar-refractivity contribution in [1.82, 2.24) is 4.90 Å². The Morgan fingerprint density at radius 3 is 2.23 bits per heavy atom. The van der Waals surface area contributed by atoms with E-state index in [4.69, 9.17) is 16.3 Å². The number of anilines is 1. The second-order valence-electron chi connectivity index (χ2n) is 8.24. The molecule has 2 amide bonds. The van der Waals surface area contributed by atoms with E-state index in [1.807, 2.05) is 42.3 Å². The molecule has 1 aliphatic heterocycles. The van der Waals surface area contributed by atoms with Gasteiger partial charge >= 0.3 is 5.97 Å². The van der Waals surface area contributed by atoms with E-state index in [2.05, 4.69) is 0 Å². The van der Waals surface area contributed by atoms with Crippen LogP contribution >= 0.6 is 11.6 Å². The molecule has 0 aliphatic carbocycles. The third-order valence-electron chi connectivity index (χ3n) is 5.79. The summed E-state index contributed by atoms with van der Waals surface area (Å²) in [5.41, 5.74) is 2.01. The molecule has 3 aromatic rings. The number of imide groups is 1. The van der Waals surface area contributed by atoms with Gasteiger partial charge in [-0.25, -0.2) is 9.69 Å². The molecule has 1 aliphatic rings. The molecule has 4 rings (SSSR count). The molecule has 1 unspecified atom stereocenters. The van der Waals surface area contributed by atoms with Gasteiger partial charge in [-0.15, -0.1) is 0 Å². The molecule has 0 spiro atoms. The number of esters is 1. The minimum atomic E-state index is -0.682. The van der Waals surface area contributed by atoms with E-state index < -0.39 is 18.6 Å². The summed E-state index contributed by atoms with van der Waals surface area (Å²) in [4.78, 5) is 53.2. The Morgan fingerprint density at radius 1 is 0.943 bits per heavy atom. The first-order valence-corrected chi connectivity index (χ1v) is 11.4. The van der Waals surface area contributed by atoms with Gasteiger partial charge in [-0.3, -0.25) is 19.3 Å². The third-order valence-corrected chi connectivity index (χ3v) is 6.04. The normalized spacial score (nSPS) is 15.5. The topological polar surface area (TPSA) is 84.0 Å². The number of ketones is 1. The van der Waals surface area contributed by atoms with Crippen LogP contribution in [0.15, 0.2) is 78.9 Å². The zero-order chi connectivity index (χ0) is 24.9. The van der Waals surface area contributed by atoms with Gasteiger partial charge in [0.1, 0.15) is 0 Å². The summed E-state index contributed by atoms with van der Waals surface area (Å²) in [5, 5.41) is 0.503. The van der Waals surface area contributed by atoms with Crippen LogP contribution in [-0.2, 0) is 20.9 Å². The molecule has 1 atom stereocenters. The van der Waals surface area contributed by atoms with Crippen molar-refractivity contribution >= 4 is 40.9 Å². The van der Waals surface area contributed by atoms with Crippen molar-refractivity contribution in [3.8, 4) is 0 Å². The Bertz CT molecular complexity index is 1240. The van der Waals surface area contributed by atoms with Gasteiger partial charge < -0.3 is 4.74 Å². The lowest BCUT2D eigenvalue weighted by atomic mass is 10.1. The highest BCUT2D eigenvalue weighted by molar-refractivity contribution is 6.30. The van der Waals surface area contributed by atoms with Crippen LogP contribution in [0.5, 0.6) is 0 Å². The van der Waals surface area contributed by atoms with Crippen LogP contribution in [0.3, 0.4) is 0 Å². The summed E-state index contributed by atoms with van der Waals surface area (Å²) in [7, 11) is 1.82. The minimum absolute atomic E-state index is 0.0821. The summed E-state index contributed by atoms with van der Waals surface area (Å²) >= 11 is 5.81. The number of benzene rings is 3. The molecule has 0 radical (unpaired) electrons. The standard InChI is InChI=1S/C27H23ClN2O5/c1-29(16-18-5-3-2-4-6-18)23-15-25(32)30(26(23)33)22-13-9-20(10-14-22)27(34)35-17-24(31)19-7-11-21(28)12-8-19/h2-14,23H,15-17H2,1H3. The fourth-order valence-corrected chi connectivity index (χ4v) is 4.02. The largest absolute Gasteiger partial charge is 0.454 e. The van der Waals surface area contributed by atoms with Gasteiger partial charge in [-0.1, -0.05) is 41.9 Å². The smallest absolute Gasteiger partial charge is 0.338 e. The maximum absolute atomic E-state index is 13.0. The molecule has 8 heteroatoms. The molecule has 7 nitrogen and oxygen atoms in total. The number of carbonyl (C=O) groups excluding carboxylic acids is 4. The van der Waals surface area contributed by atoms with Crippen molar-refractivity contribution in [1.29, 1.82) is 0 Å². The minimum Gasteiger partial charge on any atom is -0.454 e. The van der Waals surface area contributed by atoms with Crippen molar-refractivity contribution in [3.63, 3.8) is 0 Å². The molecule has 0 aromatic heterocycles. The fraction of sp³-hybridized carbons (Fsp3) is 0.185. The number of Topliss-reactive ketones (excluding diaryl/α,β-unsaturated/α-hetero) is 1. The lowest BCUT2D eigenvalue weighted by molar-refractivity contribution is -0.122. The van der Waals surface area contributed by atoms with Crippen LogP contribution < -0.4 is 4.90 Å². The summed E-state index contributed by atoms with van der Waals surface area (Å²) in [6.07, 6.45) is 0.0821. The number of amides is 2. The molecule has 1 saturated heterocycles. The van der Waals surface area contributed by atoms with E-state index in [1.54, 1.807) is 24.3 Å². The van der Waals surface area contributed by atoms with Gasteiger partial charge in [0.2, 0.25) is 5.91 Å². The molecule has 1 heterocycles. The molecule has 0 N–H and O–H groups in total. The first-order valence-electron chi connectivity index (χ1n) is 11.0. The van der Waals surface area contributed by atoms with Gasteiger partial charge in [0.15, 0.2) is 12.4 Å². The second kappa shape index (κ2) is 10.6.